The highest BCUT2D eigenvalue weighted by molar-refractivity contribution is 5.75. The lowest BCUT2D eigenvalue weighted by atomic mass is 9.53. The van der Waals surface area contributed by atoms with Crippen molar-refractivity contribution in [1.82, 2.24) is 0 Å². The highest BCUT2D eigenvalue weighted by Crippen LogP contribution is 2.55. The smallest absolute Gasteiger partial charge is 0.307 e. The molecule has 1 saturated carbocycles. The molecule has 4 aliphatic rings. The molecule has 4 N–H and O–H groups in total. The summed E-state index contributed by atoms with van der Waals surface area (Å²) in [6.45, 7) is 0.769. The van der Waals surface area contributed by atoms with Crippen molar-refractivity contribution in [2.75, 3.05) is 6.54 Å². The van der Waals surface area contributed by atoms with Gasteiger partial charge in [-0.1, -0.05) is 105 Å². The zero-order chi connectivity index (χ0) is 31.9. The summed E-state index contributed by atoms with van der Waals surface area (Å²) >= 11 is 0. The minimum Gasteiger partial charge on any atom is -0.508 e. The number of benzene rings is 2. The quantitative estimate of drug-likeness (QED) is 0.172. The van der Waals surface area contributed by atoms with Crippen LogP contribution in [0.25, 0.3) is 6.08 Å². The number of carboxylic acid groups (broad SMARTS) is 1. The van der Waals surface area contributed by atoms with E-state index in [2.05, 4.69) is 60.7 Å². The van der Waals surface area contributed by atoms with Crippen molar-refractivity contribution in [2.24, 2.45) is 29.4 Å². The molecule has 6 rings (SSSR count). The zero-order valence-electron chi connectivity index (χ0n) is 27.7. The van der Waals surface area contributed by atoms with Crippen molar-refractivity contribution < 1.29 is 15.0 Å². The summed E-state index contributed by atoms with van der Waals surface area (Å²) in [6, 6.07) is 14.9. The first-order chi connectivity index (χ1) is 22.5. The first-order valence-corrected chi connectivity index (χ1v) is 18.4. The summed E-state index contributed by atoms with van der Waals surface area (Å²) in [7, 11) is 0. The van der Waals surface area contributed by atoms with Crippen LogP contribution in [0.3, 0.4) is 0 Å². The number of carboxylic acids is 1. The maximum absolute atomic E-state index is 13.0. The molecule has 0 heterocycles. The van der Waals surface area contributed by atoms with Crippen molar-refractivity contribution in [3.63, 3.8) is 0 Å². The van der Waals surface area contributed by atoms with Gasteiger partial charge in [-0.15, -0.1) is 0 Å². The van der Waals surface area contributed by atoms with Crippen LogP contribution in [0.2, 0.25) is 0 Å². The van der Waals surface area contributed by atoms with Crippen LogP contribution < -0.4 is 5.73 Å². The molecule has 0 saturated heterocycles. The fourth-order valence-electron chi connectivity index (χ4n) is 9.66. The lowest BCUT2D eigenvalue weighted by molar-refractivity contribution is -0.146. The van der Waals surface area contributed by atoms with E-state index in [-0.39, 0.29) is 11.3 Å². The molecule has 2 aromatic rings. The van der Waals surface area contributed by atoms with E-state index >= 15 is 0 Å². The van der Waals surface area contributed by atoms with E-state index in [4.69, 9.17) is 5.73 Å². The monoisotopic (exact) mass is 621 g/mol. The Kier molecular flexibility index (Phi) is 10.8. The molecule has 1 fully saturated rings. The molecular weight excluding hydrogens is 566 g/mol. The van der Waals surface area contributed by atoms with E-state index in [0.29, 0.717) is 24.0 Å². The maximum atomic E-state index is 13.0. The molecule has 2 aromatic carbocycles. The summed E-state index contributed by atoms with van der Waals surface area (Å²) in [5.74, 6) is 1.06. The summed E-state index contributed by atoms with van der Waals surface area (Å²) < 4.78 is 0. The van der Waals surface area contributed by atoms with Crippen LogP contribution in [0, 0.1) is 23.7 Å². The number of carbonyl (C=O) groups is 1. The van der Waals surface area contributed by atoms with Crippen molar-refractivity contribution >= 4 is 12.0 Å². The number of nitrogens with two attached hydrogens (primary N) is 1. The molecule has 0 radical (unpaired) electrons. The summed E-state index contributed by atoms with van der Waals surface area (Å²) in [5, 5.41) is 20.8. The van der Waals surface area contributed by atoms with Gasteiger partial charge in [0, 0.05) is 5.41 Å². The average molecular weight is 622 g/mol. The molecule has 0 amide bonds. The Balaban J connectivity index is 1.23. The Labute approximate surface area is 276 Å². The van der Waals surface area contributed by atoms with Crippen molar-refractivity contribution in [3.8, 4) is 5.75 Å². The van der Waals surface area contributed by atoms with Gasteiger partial charge in [-0.25, -0.2) is 0 Å². The molecule has 4 nitrogen and oxygen atoms in total. The first-order valence-electron chi connectivity index (χ1n) is 18.4. The highest BCUT2D eigenvalue weighted by Gasteiger charge is 2.51. The minimum atomic E-state index is -0.650. The molecule has 2 bridgehead atoms. The lowest BCUT2D eigenvalue weighted by Gasteiger charge is -2.50. The number of fused-ring (bicyclic) bond motifs is 1. The standard InChI is InChI=1S/C42H55NO3/c43-26-24-31-15-14-30(27-31)9-3-1-2-4-10-33-11-5-6-13-39(41(45)46)42-25-8-7-12-36(42)21-18-35-17-16-32(29-40(35)42)28-38(33)34-19-22-37(44)23-20-34/h5-6,16-23,27,29-30,33,36,38-39,44H,1-4,7-15,24-26,28,43H2,(H,45,46)/b6-5-/t30-,33-,36+,38-,39+,42-/m0/s1. The van der Waals surface area contributed by atoms with Crippen molar-refractivity contribution in [3.05, 3.63) is 94.6 Å². The van der Waals surface area contributed by atoms with Crippen LogP contribution in [-0.4, -0.2) is 22.7 Å². The van der Waals surface area contributed by atoms with Crippen molar-refractivity contribution in [1.29, 1.82) is 0 Å². The summed E-state index contributed by atoms with van der Waals surface area (Å²) in [5.41, 5.74) is 12.1. The van der Waals surface area contributed by atoms with E-state index in [0.717, 1.165) is 57.4 Å². The second-order valence-corrected chi connectivity index (χ2v) is 14.8. The molecule has 1 spiro atoms. The molecule has 0 unspecified atom stereocenters. The van der Waals surface area contributed by atoms with E-state index in [1.165, 1.54) is 73.6 Å². The number of rotatable bonds is 11. The number of unbranched alkanes of at least 4 members (excludes halogenated alkanes) is 3. The second-order valence-electron chi connectivity index (χ2n) is 14.8. The molecule has 4 heteroatoms. The molecule has 6 atom stereocenters. The van der Waals surface area contributed by atoms with Gasteiger partial charge in [-0.3, -0.25) is 4.79 Å². The Hall–Kier alpha value is -3.11. The Morgan fingerprint density at radius 1 is 0.935 bits per heavy atom. The van der Waals surface area contributed by atoms with Crippen LogP contribution in [0.5, 0.6) is 5.75 Å². The van der Waals surface area contributed by atoms with E-state index < -0.39 is 11.9 Å². The predicted molar refractivity (Wildman–Crippen MR) is 189 cm³/mol. The van der Waals surface area contributed by atoms with E-state index in [1.54, 1.807) is 5.57 Å². The number of phenolic OH excluding ortho intramolecular Hbond substituents is 1. The third kappa shape index (κ3) is 7.23. The lowest BCUT2D eigenvalue weighted by Crippen LogP contribution is -2.48. The van der Waals surface area contributed by atoms with Gasteiger partial charge in [0.2, 0.25) is 0 Å². The van der Waals surface area contributed by atoms with Crippen LogP contribution in [-0.2, 0) is 16.6 Å². The van der Waals surface area contributed by atoms with Crippen LogP contribution in [0.1, 0.15) is 124 Å². The van der Waals surface area contributed by atoms with Gasteiger partial charge in [0.25, 0.3) is 0 Å². The molecule has 46 heavy (non-hydrogen) atoms. The molecular formula is C42H55NO3. The van der Waals surface area contributed by atoms with Crippen LogP contribution in [0.15, 0.2) is 72.3 Å². The van der Waals surface area contributed by atoms with Gasteiger partial charge in [-0.05, 0) is 129 Å². The number of aliphatic carboxylic acids is 1. The normalized spacial score (nSPS) is 29.7. The zero-order valence-corrected chi connectivity index (χ0v) is 27.7. The van der Waals surface area contributed by atoms with E-state index in [1.807, 2.05) is 12.1 Å². The first kappa shape index (κ1) is 32.8. The minimum absolute atomic E-state index is 0.278. The van der Waals surface area contributed by atoms with Crippen LogP contribution in [0.4, 0.5) is 0 Å². The van der Waals surface area contributed by atoms with Gasteiger partial charge in [-0.2, -0.15) is 0 Å². The van der Waals surface area contributed by atoms with Gasteiger partial charge in [0.15, 0.2) is 0 Å². The third-order valence-corrected chi connectivity index (χ3v) is 12.1. The SMILES string of the molecule is NCCC1=C[C@@H](CCCCCC[C@H]2C/C=C\C[C@H](C(=O)O)[C@]34CCCC[C@@H]3C=Cc3ccc(cc34)C[C@@H]2c2ccc(O)cc2)CC1. The Bertz CT molecular complexity index is 1420. The van der Waals surface area contributed by atoms with Gasteiger partial charge in [0.05, 0.1) is 5.92 Å². The van der Waals surface area contributed by atoms with Gasteiger partial charge < -0.3 is 15.9 Å². The molecule has 4 aliphatic carbocycles. The van der Waals surface area contributed by atoms with Gasteiger partial charge in [0.1, 0.15) is 5.75 Å². The number of phenols is 1. The van der Waals surface area contributed by atoms with Crippen LogP contribution >= 0.6 is 0 Å². The number of allylic oxidation sites excluding steroid dienone is 4. The van der Waals surface area contributed by atoms with Gasteiger partial charge >= 0.3 is 5.97 Å². The number of aromatic hydroxyl groups is 1. The summed E-state index contributed by atoms with van der Waals surface area (Å²) in [4.78, 5) is 13.0. The molecule has 0 aromatic heterocycles. The molecule has 0 aliphatic heterocycles. The highest BCUT2D eigenvalue weighted by atomic mass is 16.4. The average Bonchev–Trinajstić information content (AvgIpc) is 3.51. The number of hydrogen-bond acceptors (Lipinski definition) is 3. The topological polar surface area (TPSA) is 83.6 Å². The summed E-state index contributed by atoms with van der Waals surface area (Å²) in [6.07, 6.45) is 29.5. The largest absolute Gasteiger partial charge is 0.508 e. The molecule has 246 valence electrons. The fourth-order valence-corrected chi connectivity index (χ4v) is 9.66. The maximum Gasteiger partial charge on any atom is 0.307 e. The fraction of sp³-hybridized carbons (Fsp3) is 0.548. The third-order valence-electron chi connectivity index (χ3n) is 12.1. The Morgan fingerprint density at radius 2 is 1.74 bits per heavy atom. The Morgan fingerprint density at radius 3 is 2.54 bits per heavy atom. The van der Waals surface area contributed by atoms with Crippen molar-refractivity contribution in [2.45, 2.75) is 114 Å². The second kappa shape index (κ2) is 15.2. The predicted octanol–water partition coefficient (Wildman–Crippen LogP) is 9.87. The van der Waals surface area contributed by atoms with E-state index in [9.17, 15) is 15.0 Å². The number of hydrogen-bond donors (Lipinski definition) is 3.